The molecule has 4 heterocycles. The molecule has 1 atom stereocenters. The van der Waals surface area contributed by atoms with Crippen molar-refractivity contribution >= 4 is 86.9 Å². The van der Waals surface area contributed by atoms with Crippen LogP contribution in [-0.4, -0.2) is 16.2 Å². The van der Waals surface area contributed by atoms with Crippen LogP contribution in [0.3, 0.4) is 0 Å². The number of para-hydroxylation sites is 2. The first-order valence-corrected chi connectivity index (χ1v) is 20.0. The van der Waals surface area contributed by atoms with Gasteiger partial charge in [0.05, 0.1) is 21.4 Å². The molecule has 0 saturated carbocycles. The number of thiophene rings is 1. The molecule has 0 bridgehead atoms. The molecule has 5 nitrogen and oxygen atoms in total. The summed E-state index contributed by atoms with van der Waals surface area (Å²) >= 11 is 1.86. The zero-order chi connectivity index (χ0) is 37.5. The number of nitrogens with zero attached hydrogens (tertiary/aromatic N) is 3. The van der Waals surface area contributed by atoms with E-state index in [1.165, 1.54) is 53.2 Å². The van der Waals surface area contributed by atoms with E-state index >= 15 is 0 Å². The minimum Gasteiger partial charge on any atom is -0.456 e. The predicted octanol–water partition coefficient (Wildman–Crippen LogP) is 13.2. The summed E-state index contributed by atoms with van der Waals surface area (Å²) in [6.45, 7) is 0. The lowest BCUT2D eigenvalue weighted by Crippen LogP contribution is -2.33. The molecule has 0 fully saturated rings. The summed E-state index contributed by atoms with van der Waals surface area (Å²) in [5, 5.41) is 10.8. The maximum Gasteiger partial charge on any atom is 0.159 e. The van der Waals surface area contributed by atoms with Crippen LogP contribution in [-0.2, 0) is 0 Å². The Morgan fingerprint density at radius 2 is 1.23 bits per heavy atom. The SMILES string of the molecule is c1ccc(C2=NC(c3ccc4oc5cc(-c6cccc7sc8c(-n9c%10ccccc%10c%10ccccc%109)cccc8c67)ccc5c4c3)NC(c3ccccc3)=N2)cc1. The summed E-state index contributed by atoms with van der Waals surface area (Å²) in [6, 6.07) is 64.3. The summed E-state index contributed by atoms with van der Waals surface area (Å²) in [4.78, 5) is 10.1. The highest BCUT2D eigenvalue weighted by Gasteiger charge is 2.23. The molecule has 268 valence electrons. The molecule has 1 aliphatic heterocycles. The Morgan fingerprint density at radius 3 is 2.02 bits per heavy atom. The molecule has 12 rings (SSSR count). The van der Waals surface area contributed by atoms with E-state index in [1.54, 1.807) is 0 Å². The molecule has 6 heteroatoms. The number of rotatable bonds is 5. The Labute approximate surface area is 331 Å². The Hall–Kier alpha value is -7.28. The van der Waals surface area contributed by atoms with Crippen LogP contribution < -0.4 is 5.32 Å². The lowest BCUT2D eigenvalue weighted by Gasteiger charge is -2.23. The molecule has 8 aromatic carbocycles. The topological polar surface area (TPSA) is 54.8 Å². The van der Waals surface area contributed by atoms with Gasteiger partial charge in [0.1, 0.15) is 23.2 Å². The highest BCUT2D eigenvalue weighted by molar-refractivity contribution is 7.26. The lowest BCUT2D eigenvalue weighted by molar-refractivity contribution is 0.663. The van der Waals surface area contributed by atoms with E-state index in [0.29, 0.717) is 5.84 Å². The molecule has 0 aliphatic carbocycles. The van der Waals surface area contributed by atoms with Gasteiger partial charge in [0.2, 0.25) is 0 Å². The first-order valence-electron chi connectivity index (χ1n) is 19.2. The van der Waals surface area contributed by atoms with Crippen LogP contribution in [0.4, 0.5) is 0 Å². The van der Waals surface area contributed by atoms with Gasteiger partial charge in [-0.05, 0) is 65.2 Å². The normalized spacial score (nSPS) is 14.5. The van der Waals surface area contributed by atoms with Crippen LogP contribution >= 0.6 is 11.3 Å². The van der Waals surface area contributed by atoms with Crippen LogP contribution in [0.5, 0.6) is 0 Å². The quantitative estimate of drug-likeness (QED) is 0.191. The number of fused-ring (bicyclic) bond motifs is 9. The third kappa shape index (κ3) is 5.08. The average molecular weight is 749 g/mol. The van der Waals surface area contributed by atoms with Gasteiger partial charge in [-0.15, -0.1) is 11.3 Å². The minimum atomic E-state index is -0.321. The fourth-order valence-corrected chi connectivity index (χ4v) is 9.88. The highest BCUT2D eigenvalue weighted by Crippen LogP contribution is 2.45. The average Bonchev–Trinajstić information content (AvgIpc) is 3.96. The summed E-state index contributed by atoms with van der Waals surface area (Å²) in [5.74, 6) is 1.51. The summed E-state index contributed by atoms with van der Waals surface area (Å²) < 4.78 is 11.6. The number of nitrogens with one attached hydrogen (secondary N) is 1. The van der Waals surface area contributed by atoms with Gasteiger partial charge in [-0.25, -0.2) is 9.98 Å². The second-order valence-electron chi connectivity index (χ2n) is 14.6. The number of amidine groups is 2. The van der Waals surface area contributed by atoms with Crippen molar-refractivity contribution in [1.82, 2.24) is 9.88 Å². The van der Waals surface area contributed by atoms with E-state index in [1.807, 2.05) is 47.7 Å². The lowest BCUT2D eigenvalue weighted by atomic mass is 9.98. The van der Waals surface area contributed by atoms with Gasteiger partial charge < -0.3 is 14.3 Å². The number of aliphatic imine (C=N–C) groups is 2. The van der Waals surface area contributed by atoms with Crippen molar-refractivity contribution in [3.05, 3.63) is 199 Å². The van der Waals surface area contributed by atoms with Gasteiger partial charge >= 0.3 is 0 Å². The molecular weight excluding hydrogens is 717 g/mol. The number of aromatic nitrogens is 1. The third-order valence-corrected chi connectivity index (χ3v) is 12.5. The van der Waals surface area contributed by atoms with Crippen LogP contribution in [0.15, 0.2) is 196 Å². The smallest absolute Gasteiger partial charge is 0.159 e. The van der Waals surface area contributed by atoms with Gasteiger partial charge in [0, 0.05) is 48.1 Å². The fourth-order valence-electron chi connectivity index (χ4n) is 8.64. The fraction of sp³-hybridized carbons (Fsp3) is 0.0196. The standard InChI is InChI=1S/C51H32N4OS/c1-3-13-31(14-4-1)49-52-50(32-15-5-2-6-16-32)54-51(53-49)34-26-28-44-40(29-34)38-27-25-33(30-45(38)56-44)35-19-12-24-46-47(35)39-20-11-23-43(48(39)57-46)55-41-21-9-7-17-36(41)37-18-8-10-22-42(37)55/h1-30,51H,(H,52,53,54). The van der Waals surface area contributed by atoms with E-state index in [2.05, 4.69) is 155 Å². The highest BCUT2D eigenvalue weighted by atomic mass is 32.1. The maximum atomic E-state index is 6.59. The van der Waals surface area contributed by atoms with Crippen LogP contribution in [0, 0.1) is 0 Å². The second-order valence-corrected chi connectivity index (χ2v) is 15.6. The van der Waals surface area contributed by atoms with E-state index < -0.39 is 0 Å². The van der Waals surface area contributed by atoms with Gasteiger partial charge in [-0.1, -0.05) is 133 Å². The number of furan rings is 1. The molecule has 0 saturated heterocycles. The molecule has 1 aliphatic rings. The van der Waals surface area contributed by atoms with Crippen LogP contribution in [0.2, 0.25) is 0 Å². The zero-order valence-corrected chi connectivity index (χ0v) is 31.4. The van der Waals surface area contributed by atoms with Crippen molar-refractivity contribution in [2.45, 2.75) is 6.17 Å². The summed E-state index contributed by atoms with van der Waals surface area (Å²) in [6.07, 6.45) is -0.321. The van der Waals surface area contributed by atoms with Crippen molar-refractivity contribution in [3.8, 4) is 16.8 Å². The van der Waals surface area contributed by atoms with Crippen LogP contribution in [0.25, 0.3) is 80.7 Å². The minimum absolute atomic E-state index is 0.321. The first-order chi connectivity index (χ1) is 28.2. The van der Waals surface area contributed by atoms with E-state index in [4.69, 9.17) is 14.4 Å². The first kappa shape index (κ1) is 32.0. The van der Waals surface area contributed by atoms with E-state index in [9.17, 15) is 0 Å². The molecule has 0 radical (unpaired) electrons. The summed E-state index contributed by atoms with van der Waals surface area (Å²) in [5.41, 5.74) is 10.7. The van der Waals surface area contributed by atoms with Crippen molar-refractivity contribution in [1.29, 1.82) is 0 Å². The van der Waals surface area contributed by atoms with Crippen LogP contribution in [0.1, 0.15) is 22.9 Å². The van der Waals surface area contributed by atoms with Gasteiger partial charge in [0.15, 0.2) is 5.84 Å². The maximum absolute atomic E-state index is 6.59. The second kappa shape index (κ2) is 12.6. The van der Waals surface area contributed by atoms with Crippen molar-refractivity contribution in [2.75, 3.05) is 0 Å². The van der Waals surface area contributed by atoms with Gasteiger partial charge in [-0.3, -0.25) is 0 Å². The molecule has 57 heavy (non-hydrogen) atoms. The number of hydrogen-bond donors (Lipinski definition) is 1. The molecule has 3 aromatic heterocycles. The summed E-state index contributed by atoms with van der Waals surface area (Å²) in [7, 11) is 0. The molecule has 11 aromatic rings. The predicted molar refractivity (Wildman–Crippen MR) is 238 cm³/mol. The Bertz CT molecular complexity index is 3390. The molecule has 1 N–H and O–H groups in total. The van der Waals surface area contributed by atoms with E-state index in [-0.39, 0.29) is 6.17 Å². The monoisotopic (exact) mass is 748 g/mol. The third-order valence-electron chi connectivity index (χ3n) is 11.3. The molecule has 1 unspecified atom stereocenters. The molecule has 0 amide bonds. The van der Waals surface area contributed by atoms with Crippen molar-refractivity contribution in [2.24, 2.45) is 9.98 Å². The Balaban J connectivity index is 0.964. The van der Waals surface area contributed by atoms with E-state index in [0.717, 1.165) is 50.0 Å². The number of benzene rings is 8. The van der Waals surface area contributed by atoms with Crippen molar-refractivity contribution in [3.63, 3.8) is 0 Å². The molecular formula is C51H32N4OS. The van der Waals surface area contributed by atoms with Gasteiger partial charge in [0.25, 0.3) is 0 Å². The Kier molecular flexibility index (Phi) is 7.09. The Morgan fingerprint density at radius 1 is 0.526 bits per heavy atom. The number of hydrogen-bond acceptors (Lipinski definition) is 5. The molecule has 0 spiro atoms. The van der Waals surface area contributed by atoms with Crippen molar-refractivity contribution < 1.29 is 4.42 Å². The largest absolute Gasteiger partial charge is 0.456 e. The zero-order valence-electron chi connectivity index (χ0n) is 30.6. The van der Waals surface area contributed by atoms with Gasteiger partial charge in [-0.2, -0.15) is 0 Å².